The van der Waals surface area contributed by atoms with E-state index in [2.05, 4.69) is 40.7 Å². The summed E-state index contributed by atoms with van der Waals surface area (Å²) in [6.45, 7) is 9.63. The van der Waals surface area contributed by atoms with E-state index in [0.29, 0.717) is 13.1 Å². The van der Waals surface area contributed by atoms with Crippen LogP contribution in [0.4, 0.5) is 0 Å². The van der Waals surface area contributed by atoms with Gasteiger partial charge in [-0.2, -0.15) is 0 Å². The first-order valence-electron chi connectivity index (χ1n) is 11.7. The summed E-state index contributed by atoms with van der Waals surface area (Å²) >= 11 is 0. The predicted octanol–water partition coefficient (Wildman–Crippen LogP) is 2.15. The van der Waals surface area contributed by atoms with Gasteiger partial charge in [-0.05, 0) is 32.8 Å². The minimum atomic E-state index is -0.882. The van der Waals surface area contributed by atoms with Gasteiger partial charge < -0.3 is 25.2 Å². The Morgan fingerprint density at radius 3 is 2.61 bits per heavy atom. The predicted molar refractivity (Wildman–Crippen MR) is 125 cm³/mol. The fourth-order valence-corrected chi connectivity index (χ4v) is 4.81. The van der Waals surface area contributed by atoms with Crippen LogP contribution in [0.2, 0.25) is 0 Å². The van der Waals surface area contributed by atoms with Crippen LogP contribution in [0.5, 0.6) is 5.75 Å². The summed E-state index contributed by atoms with van der Waals surface area (Å²) in [7, 11) is 1.75. The molecular weight excluding hydrogens is 392 g/mol. The molecule has 0 aromatic heterocycles. The highest BCUT2D eigenvalue weighted by molar-refractivity contribution is 5.80. The average molecular weight is 433 g/mol. The summed E-state index contributed by atoms with van der Waals surface area (Å²) in [5, 5.41) is 17.8. The van der Waals surface area contributed by atoms with Crippen molar-refractivity contribution in [1.29, 1.82) is 0 Å². The first-order valence-corrected chi connectivity index (χ1v) is 11.7. The fourth-order valence-electron chi connectivity index (χ4n) is 4.81. The van der Waals surface area contributed by atoms with Crippen molar-refractivity contribution in [3.63, 3.8) is 0 Å². The molecule has 2 fully saturated rings. The molecular formula is C24H40N4O3. The van der Waals surface area contributed by atoms with Crippen LogP contribution in [0, 0.1) is 0 Å². The van der Waals surface area contributed by atoms with E-state index in [1.807, 2.05) is 13.0 Å². The molecule has 1 aliphatic carbocycles. The molecule has 0 radical (unpaired) electrons. The molecule has 1 aromatic rings. The SMILES string of the molecule is CCNC(=NCC(C)(O)CN1CCOCC1)NCC1(c2ccccc2OC)CCCC1. The Labute approximate surface area is 187 Å². The highest BCUT2D eigenvalue weighted by Gasteiger charge is 2.38. The van der Waals surface area contributed by atoms with Crippen LogP contribution in [-0.2, 0) is 10.2 Å². The lowest BCUT2D eigenvalue weighted by Crippen LogP contribution is -2.49. The highest BCUT2D eigenvalue weighted by Crippen LogP contribution is 2.44. The number of rotatable bonds is 9. The van der Waals surface area contributed by atoms with Crippen LogP contribution in [0.3, 0.4) is 0 Å². The van der Waals surface area contributed by atoms with Crippen molar-refractivity contribution < 1.29 is 14.6 Å². The molecule has 174 valence electrons. The smallest absolute Gasteiger partial charge is 0.191 e. The molecule has 31 heavy (non-hydrogen) atoms. The lowest BCUT2D eigenvalue weighted by atomic mass is 9.78. The third-order valence-electron chi connectivity index (χ3n) is 6.42. The van der Waals surface area contributed by atoms with E-state index in [0.717, 1.165) is 63.9 Å². The average Bonchev–Trinajstić information content (AvgIpc) is 3.26. The number of guanidine groups is 1. The molecule has 0 spiro atoms. The molecule has 0 bridgehead atoms. The standard InChI is InChI=1S/C24H40N4O3/c1-4-25-22(26-17-23(2,29)19-28-13-15-31-16-14-28)27-18-24(11-7-8-12-24)20-9-5-6-10-21(20)30-3/h5-6,9-10,29H,4,7-8,11-19H2,1-3H3,(H2,25,26,27). The minimum absolute atomic E-state index is 0.0408. The van der Waals surface area contributed by atoms with E-state index < -0.39 is 5.60 Å². The summed E-state index contributed by atoms with van der Waals surface area (Å²) in [5.74, 6) is 1.72. The van der Waals surface area contributed by atoms with Gasteiger partial charge in [0.1, 0.15) is 5.75 Å². The van der Waals surface area contributed by atoms with Crippen LogP contribution in [0.15, 0.2) is 29.3 Å². The summed E-state index contributed by atoms with van der Waals surface area (Å²) in [6, 6.07) is 8.38. The lowest BCUT2D eigenvalue weighted by molar-refractivity contribution is -0.0180. The van der Waals surface area contributed by atoms with Crippen molar-refractivity contribution in [2.45, 2.75) is 50.5 Å². The minimum Gasteiger partial charge on any atom is -0.496 e. The van der Waals surface area contributed by atoms with Gasteiger partial charge in [0.2, 0.25) is 0 Å². The second-order valence-electron chi connectivity index (χ2n) is 9.12. The molecule has 0 amide bonds. The summed E-state index contributed by atoms with van der Waals surface area (Å²) in [5.41, 5.74) is 0.435. The number of hydrogen-bond donors (Lipinski definition) is 3. The number of methoxy groups -OCH3 is 1. The van der Waals surface area contributed by atoms with Gasteiger partial charge in [-0.15, -0.1) is 0 Å². The zero-order valence-electron chi connectivity index (χ0n) is 19.5. The Bertz CT molecular complexity index is 711. The Kier molecular flexibility index (Phi) is 8.58. The van der Waals surface area contributed by atoms with Gasteiger partial charge in [-0.25, -0.2) is 0 Å². The lowest BCUT2D eigenvalue weighted by Gasteiger charge is -2.33. The number of benzene rings is 1. The number of aliphatic imine (C=N–C) groups is 1. The molecule has 1 saturated carbocycles. The molecule has 1 heterocycles. The fraction of sp³-hybridized carbons (Fsp3) is 0.708. The second-order valence-corrected chi connectivity index (χ2v) is 9.12. The Hall–Kier alpha value is -1.83. The van der Waals surface area contributed by atoms with E-state index in [1.165, 1.54) is 18.4 Å². The van der Waals surface area contributed by atoms with Crippen LogP contribution in [0.1, 0.15) is 45.1 Å². The van der Waals surface area contributed by atoms with Gasteiger partial charge in [-0.1, -0.05) is 31.0 Å². The van der Waals surface area contributed by atoms with Gasteiger partial charge in [0.05, 0.1) is 32.5 Å². The zero-order valence-corrected chi connectivity index (χ0v) is 19.5. The molecule has 3 N–H and O–H groups in total. The van der Waals surface area contributed by atoms with Crippen molar-refractivity contribution >= 4 is 5.96 Å². The third-order valence-corrected chi connectivity index (χ3v) is 6.42. The van der Waals surface area contributed by atoms with Crippen LogP contribution >= 0.6 is 0 Å². The van der Waals surface area contributed by atoms with E-state index in [9.17, 15) is 5.11 Å². The molecule has 1 unspecified atom stereocenters. The number of nitrogens with one attached hydrogen (secondary N) is 2. The Morgan fingerprint density at radius 2 is 1.94 bits per heavy atom. The number of β-amino-alcohol motifs (C(OH)–C–C–N with tert-alkyl or cyclic N) is 1. The molecule has 1 saturated heterocycles. The van der Waals surface area contributed by atoms with E-state index in [1.54, 1.807) is 7.11 Å². The molecule has 2 aliphatic rings. The first kappa shape index (κ1) is 23.8. The zero-order chi connectivity index (χ0) is 22.2. The maximum atomic E-state index is 10.9. The van der Waals surface area contributed by atoms with Crippen molar-refractivity contribution in [2.75, 3.05) is 59.6 Å². The first-order chi connectivity index (χ1) is 15.0. The molecule has 7 nitrogen and oxygen atoms in total. The Morgan fingerprint density at radius 1 is 1.23 bits per heavy atom. The molecule has 7 heteroatoms. The topological polar surface area (TPSA) is 78.4 Å². The highest BCUT2D eigenvalue weighted by atomic mass is 16.5. The molecule has 1 atom stereocenters. The summed E-state index contributed by atoms with van der Waals surface area (Å²) in [6.07, 6.45) is 4.71. The van der Waals surface area contributed by atoms with E-state index in [-0.39, 0.29) is 5.41 Å². The number of aliphatic hydroxyl groups is 1. The van der Waals surface area contributed by atoms with Gasteiger partial charge >= 0.3 is 0 Å². The van der Waals surface area contributed by atoms with Gasteiger partial charge in [0.15, 0.2) is 5.96 Å². The van der Waals surface area contributed by atoms with E-state index in [4.69, 9.17) is 14.5 Å². The number of hydrogen-bond acceptors (Lipinski definition) is 5. The van der Waals surface area contributed by atoms with Gasteiger partial charge in [-0.3, -0.25) is 9.89 Å². The van der Waals surface area contributed by atoms with E-state index >= 15 is 0 Å². The van der Waals surface area contributed by atoms with Crippen molar-refractivity contribution in [1.82, 2.24) is 15.5 Å². The third kappa shape index (κ3) is 6.57. The molecule has 1 aromatic carbocycles. The number of ether oxygens (including phenoxy) is 2. The molecule has 1 aliphatic heterocycles. The number of morpholine rings is 1. The van der Waals surface area contributed by atoms with Crippen LogP contribution in [-0.4, -0.2) is 81.2 Å². The monoisotopic (exact) mass is 432 g/mol. The Balaban J connectivity index is 1.66. The molecule has 3 rings (SSSR count). The van der Waals surface area contributed by atoms with Gasteiger partial charge in [0, 0.05) is 43.7 Å². The maximum absolute atomic E-state index is 10.9. The largest absolute Gasteiger partial charge is 0.496 e. The number of para-hydroxylation sites is 1. The summed E-state index contributed by atoms with van der Waals surface area (Å²) in [4.78, 5) is 6.98. The maximum Gasteiger partial charge on any atom is 0.191 e. The van der Waals surface area contributed by atoms with Crippen molar-refractivity contribution in [3.8, 4) is 5.75 Å². The quantitative estimate of drug-likeness (QED) is 0.410. The van der Waals surface area contributed by atoms with Crippen molar-refractivity contribution in [3.05, 3.63) is 29.8 Å². The van der Waals surface area contributed by atoms with Crippen molar-refractivity contribution in [2.24, 2.45) is 4.99 Å². The second kappa shape index (κ2) is 11.2. The summed E-state index contributed by atoms with van der Waals surface area (Å²) < 4.78 is 11.1. The normalized spacial score (nSPS) is 21.5. The van der Waals surface area contributed by atoms with Gasteiger partial charge in [0.25, 0.3) is 0 Å². The van der Waals surface area contributed by atoms with Crippen LogP contribution < -0.4 is 15.4 Å². The van der Waals surface area contributed by atoms with Crippen LogP contribution in [0.25, 0.3) is 0 Å². The number of nitrogens with zero attached hydrogens (tertiary/aromatic N) is 2.